The van der Waals surface area contributed by atoms with Gasteiger partial charge in [0.1, 0.15) is 0 Å². The van der Waals surface area contributed by atoms with Crippen molar-refractivity contribution in [2.45, 2.75) is 19.8 Å². The SMILES string of the molecule is CCCC(=O)Oc1cccc(OC)c1O. The van der Waals surface area contributed by atoms with Crippen LogP contribution in [0, 0.1) is 0 Å². The van der Waals surface area contributed by atoms with Gasteiger partial charge < -0.3 is 14.6 Å². The van der Waals surface area contributed by atoms with Crippen molar-refractivity contribution >= 4 is 5.97 Å². The van der Waals surface area contributed by atoms with E-state index in [4.69, 9.17) is 9.47 Å². The fraction of sp³-hybridized carbons (Fsp3) is 0.364. The number of para-hydroxylation sites is 1. The zero-order chi connectivity index (χ0) is 11.3. The van der Waals surface area contributed by atoms with Crippen molar-refractivity contribution in [3.8, 4) is 17.2 Å². The smallest absolute Gasteiger partial charge is 0.311 e. The summed E-state index contributed by atoms with van der Waals surface area (Å²) in [5.41, 5.74) is 0. The number of hydrogen-bond donors (Lipinski definition) is 1. The number of aromatic hydroxyl groups is 1. The van der Waals surface area contributed by atoms with Crippen molar-refractivity contribution in [1.82, 2.24) is 0 Å². The van der Waals surface area contributed by atoms with Crippen LogP contribution in [0.15, 0.2) is 18.2 Å². The van der Waals surface area contributed by atoms with E-state index in [1.165, 1.54) is 13.2 Å². The van der Waals surface area contributed by atoms with Crippen LogP contribution in [0.25, 0.3) is 0 Å². The summed E-state index contributed by atoms with van der Waals surface area (Å²) in [4.78, 5) is 11.2. The summed E-state index contributed by atoms with van der Waals surface area (Å²) < 4.78 is 9.84. The van der Waals surface area contributed by atoms with E-state index in [9.17, 15) is 9.90 Å². The molecule has 0 saturated heterocycles. The first-order valence-corrected chi connectivity index (χ1v) is 4.75. The lowest BCUT2D eigenvalue weighted by Crippen LogP contribution is -2.07. The zero-order valence-electron chi connectivity index (χ0n) is 8.82. The monoisotopic (exact) mass is 210 g/mol. The second-order valence-electron chi connectivity index (χ2n) is 3.03. The van der Waals surface area contributed by atoms with Gasteiger partial charge in [-0.15, -0.1) is 0 Å². The van der Waals surface area contributed by atoms with Crippen molar-refractivity contribution in [2.75, 3.05) is 7.11 Å². The molecule has 0 heterocycles. The maximum atomic E-state index is 11.2. The van der Waals surface area contributed by atoms with Gasteiger partial charge in [0.2, 0.25) is 5.75 Å². The van der Waals surface area contributed by atoms with E-state index < -0.39 is 0 Å². The second kappa shape index (κ2) is 5.24. The molecule has 82 valence electrons. The van der Waals surface area contributed by atoms with Crippen molar-refractivity contribution in [1.29, 1.82) is 0 Å². The minimum Gasteiger partial charge on any atom is -0.502 e. The van der Waals surface area contributed by atoms with Crippen LogP contribution in [-0.4, -0.2) is 18.2 Å². The molecular weight excluding hydrogens is 196 g/mol. The van der Waals surface area contributed by atoms with Crippen LogP contribution in [0.1, 0.15) is 19.8 Å². The minimum atomic E-state index is -0.360. The topological polar surface area (TPSA) is 55.8 Å². The van der Waals surface area contributed by atoms with Crippen LogP contribution in [0.4, 0.5) is 0 Å². The summed E-state index contributed by atoms with van der Waals surface area (Å²) in [6.07, 6.45) is 1.04. The van der Waals surface area contributed by atoms with Crippen molar-refractivity contribution in [3.63, 3.8) is 0 Å². The Hall–Kier alpha value is -1.71. The zero-order valence-corrected chi connectivity index (χ0v) is 8.82. The first-order valence-electron chi connectivity index (χ1n) is 4.75. The second-order valence-corrected chi connectivity index (χ2v) is 3.03. The Morgan fingerprint density at radius 1 is 1.40 bits per heavy atom. The van der Waals surface area contributed by atoms with Gasteiger partial charge >= 0.3 is 5.97 Å². The lowest BCUT2D eigenvalue weighted by atomic mass is 10.3. The highest BCUT2D eigenvalue weighted by molar-refractivity contribution is 5.73. The Morgan fingerprint density at radius 3 is 2.67 bits per heavy atom. The van der Waals surface area contributed by atoms with E-state index in [-0.39, 0.29) is 23.2 Å². The van der Waals surface area contributed by atoms with Crippen molar-refractivity contribution in [2.24, 2.45) is 0 Å². The molecule has 1 N–H and O–H groups in total. The third kappa shape index (κ3) is 2.87. The Balaban J connectivity index is 2.81. The van der Waals surface area contributed by atoms with Crippen molar-refractivity contribution in [3.05, 3.63) is 18.2 Å². The predicted molar refractivity (Wildman–Crippen MR) is 55.2 cm³/mol. The normalized spacial score (nSPS) is 9.73. The van der Waals surface area contributed by atoms with Gasteiger partial charge in [0.05, 0.1) is 7.11 Å². The summed E-state index contributed by atoms with van der Waals surface area (Å²) in [7, 11) is 1.44. The van der Waals surface area contributed by atoms with Gasteiger partial charge in [-0.25, -0.2) is 0 Å². The van der Waals surface area contributed by atoms with Crippen LogP contribution in [-0.2, 0) is 4.79 Å². The molecule has 4 nitrogen and oxygen atoms in total. The summed E-state index contributed by atoms with van der Waals surface area (Å²) in [6.45, 7) is 1.88. The van der Waals surface area contributed by atoms with Crippen LogP contribution in [0.2, 0.25) is 0 Å². The number of carbonyl (C=O) groups is 1. The van der Waals surface area contributed by atoms with E-state index >= 15 is 0 Å². The Morgan fingerprint density at radius 2 is 2.07 bits per heavy atom. The van der Waals surface area contributed by atoms with Crippen LogP contribution < -0.4 is 9.47 Å². The first kappa shape index (κ1) is 11.4. The quantitative estimate of drug-likeness (QED) is 0.610. The fourth-order valence-corrected chi connectivity index (χ4v) is 1.13. The standard InChI is InChI=1S/C11H14O4/c1-3-5-10(12)15-9-7-4-6-8(14-2)11(9)13/h4,6-7,13H,3,5H2,1-2H3. The Bertz CT molecular complexity index is 346. The fourth-order valence-electron chi connectivity index (χ4n) is 1.13. The molecule has 0 aromatic heterocycles. The highest BCUT2D eigenvalue weighted by atomic mass is 16.5. The van der Waals surface area contributed by atoms with Crippen LogP contribution in [0.5, 0.6) is 17.2 Å². The molecule has 0 spiro atoms. The van der Waals surface area contributed by atoms with Gasteiger partial charge in [0, 0.05) is 6.42 Å². The molecule has 0 bridgehead atoms. The molecule has 1 rings (SSSR count). The number of phenolic OH excluding ortho intramolecular Hbond substituents is 1. The maximum Gasteiger partial charge on any atom is 0.311 e. The number of esters is 1. The molecule has 0 saturated carbocycles. The molecule has 0 unspecified atom stereocenters. The van der Waals surface area contributed by atoms with Gasteiger partial charge in [0.25, 0.3) is 0 Å². The van der Waals surface area contributed by atoms with Crippen LogP contribution >= 0.6 is 0 Å². The molecule has 0 aliphatic heterocycles. The van der Waals surface area contributed by atoms with Gasteiger partial charge in [-0.3, -0.25) is 4.79 Å². The summed E-state index contributed by atoms with van der Waals surface area (Å²) in [6, 6.07) is 4.75. The number of carbonyl (C=O) groups excluding carboxylic acids is 1. The molecule has 0 radical (unpaired) electrons. The Labute approximate surface area is 88.4 Å². The molecular formula is C11H14O4. The molecule has 0 aliphatic rings. The van der Waals surface area contributed by atoms with Crippen molar-refractivity contribution < 1.29 is 19.4 Å². The predicted octanol–water partition coefficient (Wildman–Crippen LogP) is 2.11. The number of ether oxygens (including phenoxy) is 2. The molecule has 0 aliphatic carbocycles. The number of phenols is 1. The minimum absolute atomic E-state index is 0.132. The number of hydrogen-bond acceptors (Lipinski definition) is 4. The van der Waals surface area contributed by atoms with Crippen LogP contribution in [0.3, 0.4) is 0 Å². The first-order chi connectivity index (χ1) is 7.19. The molecule has 0 amide bonds. The average molecular weight is 210 g/mol. The highest BCUT2D eigenvalue weighted by Gasteiger charge is 2.11. The van der Waals surface area contributed by atoms with Gasteiger partial charge in [-0.2, -0.15) is 0 Å². The molecule has 0 atom stereocenters. The lowest BCUT2D eigenvalue weighted by Gasteiger charge is -2.08. The molecule has 0 fully saturated rings. The average Bonchev–Trinajstić information content (AvgIpc) is 2.21. The highest BCUT2D eigenvalue weighted by Crippen LogP contribution is 2.35. The summed E-state index contributed by atoms with van der Waals surface area (Å²) in [5, 5.41) is 9.60. The Kier molecular flexibility index (Phi) is 3.97. The lowest BCUT2D eigenvalue weighted by molar-refractivity contribution is -0.134. The van der Waals surface area contributed by atoms with E-state index in [1.54, 1.807) is 12.1 Å². The number of methoxy groups -OCH3 is 1. The number of rotatable bonds is 4. The molecule has 1 aromatic rings. The third-order valence-electron chi connectivity index (χ3n) is 1.86. The molecule has 4 heteroatoms. The third-order valence-corrected chi connectivity index (χ3v) is 1.86. The molecule has 15 heavy (non-hydrogen) atoms. The van der Waals surface area contributed by atoms with Gasteiger partial charge in [-0.05, 0) is 18.6 Å². The largest absolute Gasteiger partial charge is 0.502 e. The summed E-state index contributed by atoms with van der Waals surface area (Å²) in [5.74, 6) is -0.0879. The van der Waals surface area contributed by atoms with Gasteiger partial charge in [0.15, 0.2) is 11.5 Å². The maximum absolute atomic E-state index is 11.2. The van der Waals surface area contributed by atoms with E-state index in [1.807, 2.05) is 6.92 Å². The molecule has 1 aromatic carbocycles. The summed E-state index contributed by atoms with van der Waals surface area (Å²) >= 11 is 0. The van der Waals surface area contributed by atoms with E-state index in [0.717, 1.165) is 0 Å². The number of benzene rings is 1. The van der Waals surface area contributed by atoms with Gasteiger partial charge in [-0.1, -0.05) is 13.0 Å². The van der Waals surface area contributed by atoms with E-state index in [2.05, 4.69) is 0 Å². The van der Waals surface area contributed by atoms with E-state index in [0.29, 0.717) is 12.8 Å².